The van der Waals surface area contributed by atoms with Crippen molar-refractivity contribution in [1.29, 1.82) is 0 Å². The molecule has 4 rings (SSSR count). The highest BCUT2D eigenvalue weighted by molar-refractivity contribution is 6.05. The van der Waals surface area contributed by atoms with Crippen LogP contribution in [-0.4, -0.2) is 23.0 Å². The smallest absolute Gasteiger partial charge is 0.420 e. The number of hydrogen-bond donors (Lipinski definition) is 2. The van der Waals surface area contributed by atoms with Gasteiger partial charge in [-0.3, -0.25) is 4.79 Å². The zero-order valence-corrected chi connectivity index (χ0v) is 17.7. The van der Waals surface area contributed by atoms with Gasteiger partial charge in [0.1, 0.15) is 5.75 Å². The number of carbonyl (C=O) groups is 1. The van der Waals surface area contributed by atoms with Crippen molar-refractivity contribution in [3.05, 3.63) is 77.5 Å². The summed E-state index contributed by atoms with van der Waals surface area (Å²) in [5.41, 5.74) is 8.22. The van der Waals surface area contributed by atoms with Gasteiger partial charge in [-0.1, -0.05) is 12.1 Å². The highest BCUT2D eigenvalue weighted by Crippen LogP contribution is 2.38. The third-order valence-corrected chi connectivity index (χ3v) is 5.17. The predicted octanol–water partition coefficient (Wildman–Crippen LogP) is 5.47. The van der Waals surface area contributed by atoms with Gasteiger partial charge >= 0.3 is 6.18 Å². The summed E-state index contributed by atoms with van der Waals surface area (Å²) in [6.45, 7) is 1.90. The van der Waals surface area contributed by atoms with Crippen LogP contribution in [0.3, 0.4) is 0 Å². The summed E-state index contributed by atoms with van der Waals surface area (Å²) in [7, 11) is 1.16. The lowest BCUT2D eigenvalue weighted by Gasteiger charge is -2.14. The second-order valence-corrected chi connectivity index (χ2v) is 7.40. The molecule has 0 atom stereocenters. The molecule has 0 unspecified atom stereocenters. The minimum absolute atomic E-state index is 0.00990. The van der Waals surface area contributed by atoms with E-state index in [2.05, 4.69) is 15.3 Å². The minimum atomic E-state index is -4.62. The number of amides is 1. The van der Waals surface area contributed by atoms with E-state index in [0.717, 1.165) is 35.3 Å². The molecule has 0 aliphatic heterocycles. The van der Waals surface area contributed by atoms with Gasteiger partial charge in [0.25, 0.3) is 5.91 Å². The van der Waals surface area contributed by atoms with Crippen LogP contribution in [0.2, 0.25) is 0 Å². The fraction of sp³-hybridized carbons (Fsp3) is 0.125. The zero-order valence-electron chi connectivity index (χ0n) is 17.7. The maximum atomic E-state index is 13.3. The molecule has 3 aromatic carbocycles. The van der Waals surface area contributed by atoms with Gasteiger partial charge in [0.2, 0.25) is 5.95 Å². The molecule has 9 heteroatoms. The van der Waals surface area contributed by atoms with E-state index in [-0.39, 0.29) is 17.4 Å². The van der Waals surface area contributed by atoms with Gasteiger partial charge in [-0.25, -0.2) is 9.97 Å². The van der Waals surface area contributed by atoms with Gasteiger partial charge in [-0.05, 0) is 66.1 Å². The Bertz CT molecular complexity index is 1370. The number of ether oxygens (including phenoxy) is 1. The molecule has 33 heavy (non-hydrogen) atoms. The quantitative estimate of drug-likeness (QED) is 0.429. The molecule has 0 spiro atoms. The van der Waals surface area contributed by atoms with E-state index in [0.29, 0.717) is 11.1 Å². The number of aryl methyl sites for hydroxylation is 1. The fourth-order valence-electron chi connectivity index (χ4n) is 3.50. The number of hydrogen-bond acceptors (Lipinski definition) is 5. The van der Waals surface area contributed by atoms with Crippen LogP contribution >= 0.6 is 0 Å². The van der Waals surface area contributed by atoms with E-state index in [1.165, 1.54) is 12.1 Å². The number of fused-ring (bicyclic) bond motifs is 1. The number of nitrogens with zero attached hydrogens (tertiary/aromatic N) is 2. The topological polar surface area (TPSA) is 90.1 Å². The largest absolute Gasteiger partial charge is 0.496 e. The molecule has 1 heterocycles. The molecule has 6 nitrogen and oxygen atoms in total. The molecule has 0 radical (unpaired) electrons. The number of aromatic nitrogens is 2. The van der Waals surface area contributed by atoms with Crippen molar-refractivity contribution in [2.24, 2.45) is 0 Å². The van der Waals surface area contributed by atoms with E-state index in [4.69, 9.17) is 10.5 Å². The zero-order chi connectivity index (χ0) is 23.8. The Hall–Kier alpha value is -4.14. The number of rotatable bonds is 4. The maximum Gasteiger partial charge on any atom is 0.420 e. The number of anilines is 2. The van der Waals surface area contributed by atoms with Gasteiger partial charge in [0.05, 0.1) is 18.2 Å². The normalized spacial score (nSPS) is 11.4. The summed E-state index contributed by atoms with van der Waals surface area (Å²) >= 11 is 0. The van der Waals surface area contributed by atoms with E-state index in [1.807, 2.05) is 25.1 Å². The third-order valence-electron chi connectivity index (χ3n) is 5.17. The predicted molar refractivity (Wildman–Crippen MR) is 120 cm³/mol. The van der Waals surface area contributed by atoms with Crippen LogP contribution < -0.4 is 15.8 Å². The summed E-state index contributed by atoms with van der Waals surface area (Å²) in [5, 5.41) is 3.31. The lowest BCUT2D eigenvalue weighted by atomic mass is 9.97. The Balaban J connectivity index is 1.65. The molecule has 0 bridgehead atoms. The molecule has 4 aromatic rings. The first-order valence-corrected chi connectivity index (χ1v) is 9.85. The number of halogens is 3. The summed E-state index contributed by atoms with van der Waals surface area (Å²) in [6, 6.07) is 14.0. The van der Waals surface area contributed by atoms with Crippen molar-refractivity contribution < 1.29 is 22.7 Å². The molecule has 0 aliphatic carbocycles. The Labute approximate surface area is 187 Å². The van der Waals surface area contributed by atoms with Crippen molar-refractivity contribution in [1.82, 2.24) is 9.97 Å². The average Bonchev–Trinajstić information content (AvgIpc) is 2.78. The second kappa shape index (κ2) is 8.42. The van der Waals surface area contributed by atoms with E-state index in [9.17, 15) is 18.0 Å². The van der Waals surface area contributed by atoms with Crippen LogP contribution in [0.4, 0.5) is 24.8 Å². The number of nitrogens with one attached hydrogen (secondary N) is 1. The monoisotopic (exact) mass is 452 g/mol. The van der Waals surface area contributed by atoms with Crippen LogP contribution in [-0.2, 0) is 6.18 Å². The van der Waals surface area contributed by atoms with Crippen LogP contribution in [0, 0.1) is 6.92 Å². The van der Waals surface area contributed by atoms with Crippen molar-refractivity contribution in [3.63, 3.8) is 0 Å². The molecule has 168 valence electrons. The SMILES string of the molecule is COc1ccc(NC(=O)c2ccc(C)c(-c3ccc4nc(N)ncc4c3)c2)cc1C(F)(F)F. The number of methoxy groups -OCH3 is 1. The number of carbonyl (C=O) groups excluding carboxylic acids is 1. The molecule has 0 aliphatic rings. The summed E-state index contributed by atoms with van der Waals surface area (Å²) in [4.78, 5) is 21.0. The standard InChI is InChI=1S/C24H19F3N4O2/c1-13-3-4-15(10-18(13)14-5-7-20-16(9-14)12-29-23(28)31-20)22(32)30-17-6-8-21(33-2)19(11-17)24(25,26)27/h3-12H,1-2H3,(H,30,32)(H2,28,29,31). The lowest BCUT2D eigenvalue weighted by Crippen LogP contribution is -2.14. The molecular weight excluding hydrogens is 433 g/mol. The minimum Gasteiger partial charge on any atom is -0.496 e. The third kappa shape index (κ3) is 4.57. The van der Waals surface area contributed by atoms with Gasteiger partial charge in [-0.15, -0.1) is 0 Å². The molecule has 0 saturated carbocycles. The molecule has 0 saturated heterocycles. The summed E-state index contributed by atoms with van der Waals surface area (Å²) < 4.78 is 44.6. The van der Waals surface area contributed by atoms with Crippen LogP contribution in [0.25, 0.3) is 22.0 Å². The molecular formula is C24H19F3N4O2. The van der Waals surface area contributed by atoms with Gasteiger partial charge in [-0.2, -0.15) is 13.2 Å². The summed E-state index contributed by atoms with van der Waals surface area (Å²) in [6.07, 6.45) is -3.00. The highest BCUT2D eigenvalue weighted by Gasteiger charge is 2.34. The number of alkyl halides is 3. The Morgan fingerprint density at radius 3 is 2.58 bits per heavy atom. The first kappa shape index (κ1) is 22.1. The molecule has 0 fully saturated rings. The van der Waals surface area contributed by atoms with Crippen molar-refractivity contribution >= 4 is 28.4 Å². The first-order chi connectivity index (χ1) is 15.7. The van der Waals surface area contributed by atoms with E-state index >= 15 is 0 Å². The Morgan fingerprint density at radius 2 is 1.85 bits per heavy atom. The van der Waals surface area contributed by atoms with Crippen molar-refractivity contribution in [2.45, 2.75) is 13.1 Å². The van der Waals surface area contributed by atoms with Crippen molar-refractivity contribution in [2.75, 3.05) is 18.2 Å². The Morgan fingerprint density at radius 1 is 1.06 bits per heavy atom. The molecule has 3 N–H and O–H groups in total. The Kier molecular flexibility index (Phi) is 5.63. The van der Waals surface area contributed by atoms with E-state index in [1.54, 1.807) is 24.4 Å². The van der Waals surface area contributed by atoms with Crippen LogP contribution in [0.15, 0.2) is 60.8 Å². The number of nitrogens with two attached hydrogens (primary N) is 1. The van der Waals surface area contributed by atoms with Crippen molar-refractivity contribution in [3.8, 4) is 16.9 Å². The van der Waals surface area contributed by atoms with E-state index < -0.39 is 17.6 Å². The van der Waals surface area contributed by atoms with Crippen LogP contribution in [0.1, 0.15) is 21.5 Å². The van der Waals surface area contributed by atoms with Gasteiger partial charge in [0.15, 0.2) is 0 Å². The summed E-state index contributed by atoms with van der Waals surface area (Å²) in [5.74, 6) is -0.677. The number of nitrogen functional groups attached to an aromatic ring is 1. The van der Waals surface area contributed by atoms with Gasteiger partial charge in [0, 0.05) is 22.8 Å². The van der Waals surface area contributed by atoms with Crippen LogP contribution in [0.5, 0.6) is 5.75 Å². The lowest BCUT2D eigenvalue weighted by molar-refractivity contribution is -0.138. The average molecular weight is 452 g/mol. The first-order valence-electron chi connectivity index (χ1n) is 9.85. The highest BCUT2D eigenvalue weighted by atomic mass is 19.4. The number of benzene rings is 3. The maximum absolute atomic E-state index is 13.3. The van der Waals surface area contributed by atoms with Gasteiger partial charge < -0.3 is 15.8 Å². The second-order valence-electron chi connectivity index (χ2n) is 7.40. The molecule has 1 aromatic heterocycles. The fourth-order valence-corrected chi connectivity index (χ4v) is 3.50. The molecule has 1 amide bonds.